The molecule has 0 heterocycles. The van der Waals surface area contributed by atoms with Gasteiger partial charge in [0.25, 0.3) is 0 Å². The van der Waals surface area contributed by atoms with Gasteiger partial charge in [0.15, 0.2) is 0 Å². The summed E-state index contributed by atoms with van der Waals surface area (Å²) in [6.45, 7) is 17.0. The van der Waals surface area contributed by atoms with Gasteiger partial charge in [0.05, 0.1) is 45.2 Å². The normalized spacial score (nSPS) is 11.6. The molecule has 4 N–H and O–H groups in total. The van der Waals surface area contributed by atoms with Gasteiger partial charge >= 0.3 is 0 Å². The van der Waals surface area contributed by atoms with Crippen LogP contribution in [0.15, 0.2) is 0 Å². The van der Waals surface area contributed by atoms with E-state index in [1.165, 1.54) is 6.92 Å². The molecule has 0 aromatic carbocycles. The van der Waals surface area contributed by atoms with Crippen molar-refractivity contribution in [3.63, 3.8) is 0 Å². The largest absolute Gasteiger partial charge is 0.379 e. The molecule has 0 aliphatic rings. The number of nitrogens with one attached hydrogen (secondary N) is 2. The number of ether oxygens (including phenoxy) is 3. The highest BCUT2D eigenvalue weighted by Gasteiger charge is 2.30. The van der Waals surface area contributed by atoms with Crippen molar-refractivity contribution in [3.8, 4) is 0 Å². The van der Waals surface area contributed by atoms with Crippen molar-refractivity contribution in [2.45, 2.75) is 60.2 Å². The minimum Gasteiger partial charge on any atom is -0.379 e. The summed E-state index contributed by atoms with van der Waals surface area (Å²) in [6, 6.07) is 0. The van der Waals surface area contributed by atoms with Crippen molar-refractivity contribution in [2.75, 3.05) is 59.2 Å². The molecule has 1 amide bonds. The molecular formula is C19H50FN3O4. The van der Waals surface area contributed by atoms with E-state index in [1.807, 2.05) is 27.7 Å². The Bertz CT molecular complexity index is 323. The van der Waals surface area contributed by atoms with Crippen LogP contribution in [0.4, 0.5) is 4.39 Å². The van der Waals surface area contributed by atoms with E-state index in [4.69, 9.17) is 19.9 Å². The molecule has 0 aromatic rings. The number of hydrogen-bond acceptors (Lipinski definition) is 6. The topological polar surface area (TPSA) is 94.8 Å². The zero-order chi connectivity index (χ0) is 21.6. The molecule has 0 saturated carbocycles. The second-order valence-corrected chi connectivity index (χ2v) is 5.62. The Morgan fingerprint density at radius 3 is 2.04 bits per heavy atom. The predicted octanol–water partition coefficient (Wildman–Crippen LogP) is 2.63. The van der Waals surface area contributed by atoms with E-state index in [0.717, 1.165) is 6.54 Å². The molecule has 0 fully saturated rings. The molecule has 1 atom stereocenters. The first-order valence-electron chi connectivity index (χ1n) is 9.99. The Hall–Kier alpha value is -0.800. The number of amides is 1. The molecule has 0 aliphatic carbocycles. The van der Waals surface area contributed by atoms with Crippen LogP contribution in [-0.2, 0) is 19.0 Å². The SMILES string of the molecule is CC.CC.CC(=O)NCC(F)C(C)(C)OCCOCCNCCOCCN.[HH].[HH].[HH]. The van der Waals surface area contributed by atoms with Crippen molar-refractivity contribution in [2.24, 2.45) is 5.73 Å². The number of carbonyl (C=O) groups is 1. The Balaban J connectivity index is -0.000000193. The van der Waals surface area contributed by atoms with Gasteiger partial charge in [-0.2, -0.15) is 0 Å². The summed E-state index contributed by atoms with van der Waals surface area (Å²) in [7, 11) is 0. The molecule has 1 unspecified atom stereocenters. The summed E-state index contributed by atoms with van der Waals surface area (Å²) >= 11 is 0. The van der Waals surface area contributed by atoms with E-state index < -0.39 is 11.8 Å². The number of halogens is 1. The average molecular weight is 404 g/mol. The van der Waals surface area contributed by atoms with Gasteiger partial charge in [-0.3, -0.25) is 4.79 Å². The second kappa shape index (κ2) is 23.2. The first-order valence-corrected chi connectivity index (χ1v) is 9.99. The Labute approximate surface area is 170 Å². The lowest BCUT2D eigenvalue weighted by Crippen LogP contribution is -2.44. The minimum absolute atomic E-state index is 0. The van der Waals surface area contributed by atoms with Crippen LogP contribution in [0.2, 0.25) is 0 Å². The van der Waals surface area contributed by atoms with Crippen LogP contribution in [0.25, 0.3) is 0 Å². The van der Waals surface area contributed by atoms with Gasteiger partial charge in [0, 0.05) is 30.8 Å². The molecule has 0 aromatic heterocycles. The third kappa shape index (κ3) is 23.2. The summed E-state index contributed by atoms with van der Waals surface area (Å²) in [5, 5.41) is 5.61. The van der Waals surface area contributed by atoms with Crippen molar-refractivity contribution >= 4 is 5.91 Å². The third-order valence-corrected chi connectivity index (χ3v) is 3.09. The molecule has 7 nitrogen and oxygen atoms in total. The van der Waals surface area contributed by atoms with Gasteiger partial charge < -0.3 is 30.6 Å². The summed E-state index contributed by atoms with van der Waals surface area (Å²) < 4.78 is 30.0. The summed E-state index contributed by atoms with van der Waals surface area (Å²) in [5.41, 5.74) is 4.33. The molecule has 0 spiro atoms. The van der Waals surface area contributed by atoms with E-state index in [-0.39, 0.29) is 16.7 Å². The third-order valence-electron chi connectivity index (χ3n) is 3.09. The van der Waals surface area contributed by atoms with Gasteiger partial charge in [0.1, 0.15) is 6.17 Å². The first kappa shape index (κ1) is 30.9. The van der Waals surface area contributed by atoms with Crippen LogP contribution in [0, 0.1) is 0 Å². The van der Waals surface area contributed by atoms with Crippen molar-refractivity contribution < 1.29 is 27.7 Å². The Morgan fingerprint density at radius 2 is 1.56 bits per heavy atom. The average Bonchev–Trinajstić information content (AvgIpc) is 2.67. The van der Waals surface area contributed by atoms with Gasteiger partial charge in [-0.15, -0.1) is 0 Å². The molecule has 0 rings (SSSR count). The van der Waals surface area contributed by atoms with E-state index in [2.05, 4.69) is 10.6 Å². The maximum Gasteiger partial charge on any atom is 0.216 e. The molecule has 8 heteroatoms. The highest BCUT2D eigenvalue weighted by molar-refractivity contribution is 5.72. The summed E-state index contributed by atoms with van der Waals surface area (Å²) in [6.07, 6.45) is -1.28. The van der Waals surface area contributed by atoms with E-state index in [9.17, 15) is 9.18 Å². The standard InChI is InChI=1S/C15H32FN3O4.2C2H6.3H2/c1-13(20)19-12-14(16)15(2,3)23-11-10-22-9-6-18-5-8-21-7-4-17;2*1-2;;;/h14,18H,4-12,17H2,1-3H3,(H,19,20);2*1-2H3;3*1H. The molecule has 27 heavy (non-hydrogen) atoms. The second-order valence-electron chi connectivity index (χ2n) is 5.62. The molecule has 172 valence electrons. The monoisotopic (exact) mass is 403 g/mol. The summed E-state index contributed by atoms with van der Waals surface area (Å²) in [5.74, 6) is -0.257. The van der Waals surface area contributed by atoms with Crippen LogP contribution in [0.1, 0.15) is 52.7 Å². The lowest BCUT2D eigenvalue weighted by Gasteiger charge is -2.29. The van der Waals surface area contributed by atoms with Gasteiger partial charge in [-0.05, 0) is 13.8 Å². The number of carbonyl (C=O) groups excluding carboxylic acids is 1. The highest BCUT2D eigenvalue weighted by Crippen LogP contribution is 2.17. The first-order chi connectivity index (χ1) is 12.9. The maximum atomic E-state index is 13.9. The predicted molar refractivity (Wildman–Crippen MR) is 116 cm³/mol. The smallest absolute Gasteiger partial charge is 0.216 e. The number of nitrogens with two attached hydrogens (primary N) is 1. The highest BCUT2D eigenvalue weighted by atomic mass is 19.1. The van der Waals surface area contributed by atoms with Crippen LogP contribution in [0.5, 0.6) is 0 Å². The van der Waals surface area contributed by atoms with Gasteiger partial charge in [0.2, 0.25) is 5.91 Å². The maximum absolute atomic E-state index is 13.9. The molecular weight excluding hydrogens is 353 g/mol. The molecule has 0 bridgehead atoms. The van der Waals surface area contributed by atoms with Crippen molar-refractivity contribution in [1.82, 2.24) is 10.6 Å². The minimum atomic E-state index is -1.28. The van der Waals surface area contributed by atoms with Gasteiger partial charge in [-0.1, -0.05) is 27.7 Å². The van der Waals surface area contributed by atoms with Gasteiger partial charge in [-0.25, -0.2) is 4.39 Å². The molecule has 0 saturated heterocycles. The quantitative estimate of drug-likeness (QED) is 0.364. The molecule has 0 aliphatic heterocycles. The lowest BCUT2D eigenvalue weighted by atomic mass is 10.0. The zero-order valence-corrected chi connectivity index (χ0v) is 18.5. The van der Waals surface area contributed by atoms with Crippen LogP contribution in [-0.4, -0.2) is 76.9 Å². The number of rotatable bonds is 15. The van der Waals surface area contributed by atoms with E-state index >= 15 is 0 Å². The van der Waals surface area contributed by atoms with E-state index in [0.29, 0.717) is 46.1 Å². The van der Waals surface area contributed by atoms with Crippen molar-refractivity contribution in [3.05, 3.63) is 0 Å². The Morgan fingerprint density at radius 1 is 1.04 bits per heavy atom. The van der Waals surface area contributed by atoms with Crippen LogP contribution < -0.4 is 16.4 Å². The van der Waals surface area contributed by atoms with E-state index in [1.54, 1.807) is 13.8 Å². The van der Waals surface area contributed by atoms with Crippen molar-refractivity contribution in [1.29, 1.82) is 0 Å². The number of hydrogen-bond donors (Lipinski definition) is 3. The van der Waals surface area contributed by atoms with Crippen LogP contribution >= 0.6 is 0 Å². The number of alkyl halides is 1. The fraction of sp³-hybridized carbons (Fsp3) is 0.947. The zero-order valence-electron chi connectivity index (χ0n) is 18.5. The fourth-order valence-corrected chi connectivity index (χ4v) is 1.63. The molecule has 0 radical (unpaired) electrons. The van der Waals surface area contributed by atoms with Crippen LogP contribution in [0.3, 0.4) is 0 Å². The Kier molecular flexibility index (Phi) is 26.6. The lowest BCUT2D eigenvalue weighted by molar-refractivity contribution is -0.120. The fourth-order valence-electron chi connectivity index (χ4n) is 1.63. The summed E-state index contributed by atoms with van der Waals surface area (Å²) in [4.78, 5) is 10.8.